The van der Waals surface area contributed by atoms with Gasteiger partial charge in [0.05, 0.1) is 20.9 Å². The number of anilines is 1. The molecule has 12 heteroatoms. The lowest BCUT2D eigenvalue weighted by Crippen LogP contribution is -2.40. The Balaban J connectivity index is 1.49. The number of hydrogen-bond donors (Lipinski definition) is 3. The Bertz CT molecular complexity index is 1310. The average molecular weight is 593 g/mol. The second kappa shape index (κ2) is 12.4. The number of nitrogens with zero attached hydrogens (tertiary/aromatic N) is 1. The predicted molar refractivity (Wildman–Crippen MR) is 155 cm³/mol. The molecular weight excluding hydrogens is 552 g/mol. The quantitative estimate of drug-likeness (QED) is 0.335. The van der Waals surface area contributed by atoms with Gasteiger partial charge in [0.25, 0.3) is 0 Å². The molecule has 0 bridgehead atoms. The van der Waals surface area contributed by atoms with Crippen LogP contribution in [0.15, 0.2) is 29.3 Å². The van der Waals surface area contributed by atoms with Gasteiger partial charge in [-0.2, -0.15) is 0 Å². The van der Waals surface area contributed by atoms with E-state index in [1.807, 2.05) is 0 Å². The Morgan fingerprint density at radius 3 is 2.35 bits per heavy atom. The monoisotopic (exact) mass is 592 g/mol. The zero-order chi connectivity index (χ0) is 29.1. The third-order valence-electron chi connectivity index (χ3n) is 6.81. The van der Waals surface area contributed by atoms with E-state index in [1.165, 1.54) is 17.4 Å². The van der Waals surface area contributed by atoms with Crippen molar-refractivity contribution in [3.8, 4) is 10.4 Å². The van der Waals surface area contributed by atoms with Crippen molar-refractivity contribution in [2.45, 2.75) is 114 Å². The Labute approximate surface area is 240 Å². The van der Waals surface area contributed by atoms with Crippen LogP contribution in [0.5, 0.6) is 0 Å². The van der Waals surface area contributed by atoms with Crippen molar-refractivity contribution < 1.29 is 27.5 Å². The molecule has 2 fully saturated rings. The maximum atomic E-state index is 13.5. The highest BCUT2D eigenvalue weighted by atomic mass is 32.2. The topological polar surface area (TPSA) is 136 Å². The lowest BCUT2D eigenvalue weighted by atomic mass is 9.86. The molecule has 10 nitrogen and oxygen atoms in total. The summed E-state index contributed by atoms with van der Waals surface area (Å²) in [6, 6.07) is 4.88. The van der Waals surface area contributed by atoms with E-state index < -0.39 is 21.7 Å². The molecule has 0 aliphatic heterocycles. The number of amides is 2. The Kier molecular flexibility index (Phi) is 9.41. The minimum absolute atomic E-state index is 0.0536. The zero-order valence-electron chi connectivity index (χ0n) is 23.8. The van der Waals surface area contributed by atoms with E-state index in [-0.39, 0.29) is 35.2 Å². The highest BCUT2D eigenvalue weighted by Gasteiger charge is 2.30. The van der Waals surface area contributed by atoms with Gasteiger partial charge in [-0.25, -0.2) is 27.7 Å². The van der Waals surface area contributed by atoms with E-state index in [2.05, 4.69) is 20.3 Å². The molecule has 220 valence electrons. The highest BCUT2D eigenvalue weighted by Crippen LogP contribution is 2.40. The van der Waals surface area contributed by atoms with Gasteiger partial charge in [-0.15, -0.1) is 11.3 Å². The molecule has 3 N–H and O–H groups in total. The van der Waals surface area contributed by atoms with Gasteiger partial charge in [-0.05, 0) is 91.7 Å². The fourth-order valence-corrected chi connectivity index (χ4v) is 7.63. The van der Waals surface area contributed by atoms with E-state index in [4.69, 9.17) is 9.47 Å². The number of ether oxygens (including phenoxy) is 2. The first-order chi connectivity index (χ1) is 18.8. The lowest BCUT2D eigenvalue weighted by Gasteiger charge is -2.30. The maximum absolute atomic E-state index is 13.5. The molecule has 0 unspecified atom stereocenters. The number of alkyl carbamates (subject to hydrolysis) is 1. The number of nitrogens with one attached hydrogen (secondary N) is 3. The second-order valence-corrected chi connectivity index (χ2v) is 14.6. The van der Waals surface area contributed by atoms with Crippen LogP contribution >= 0.6 is 11.3 Å². The fraction of sp³-hybridized carbons (Fsp3) is 0.607. The Hall–Kier alpha value is -2.70. The van der Waals surface area contributed by atoms with Crippen molar-refractivity contribution >= 4 is 39.2 Å². The first-order valence-electron chi connectivity index (χ1n) is 13.9. The summed E-state index contributed by atoms with van der Waals surface area (Å²) >= 11 is 1.48. The molecule has 2 amide bonds. The fourth-order valence-electron chi connectivity index (χ4n) is 4.77. The van der Waals surface area contributed by atoms with Gasteiger partial charge in [0.15, 0.2) is 0 Å². The summed E-state index contributed by atoms with van der Waals surface area (Å²) in [6.45, 7) is 8.79. The number of carbonyl (C=O) groups excluding carboxylic acids is 2. The van der Waals surface area contributed by atoms with Gasteiger partial charge in [-0.1, -0.05) is 6.07 Å². The number of rotatable bonds is 8. The van der Waals surface area contributed by atoms with Gasteiger partial charge in [-0.3, -0.25) is 5.32 Å². The number of sulfonamides is 1. The van der Waals surface area contributed by atoms with Crippen LogP contribution in [-0.2, 0) is 19.5 Å². The zero-order valence-corrected chi connectivity index (χ0v) is 25.4. The number of aromatic nitrogens is 1. The molecule has 2 aromatic rings. The molecular formula is C28H40N4O6S2. The third-order valence-corrected chi connectivity index (χ3v) is 9.81. The van der Waals surface area contributed by atoms with Crippen LogP contribution in [-0.4, -0.2) is 49.4 Å². The Morgan fingerprint density at radius 1 is 1.05 bits per heavy atom. The molecule has 1 heterocycles. The third kappa shape index (κ3) is 8.17. The minimum Gasteiger partial charge on any atom is -0.447 e. The molecule has 4 rings (SSSR count). The summed E-state index contributed by atoms with van der Waals surface area (Å²) in [4.78, 5) is 29.7. The molecule has 2 aliphatic carbocycles. The van der Waals surface area contributed by atoms with Crippen molar-refractivity contribution in [1.82, 2.24) is 15.0 Å². The smallest absolute Gasteiger partial charge is 0.411 e. The van der Waals surface area contributed by atoms with E-state index >= 15 is 0 Å². The molecule has 1 aromatic carbocycles. The molecule has 0 radical (unpaired) electrons. The van der Waals surface area contributed by atoms with Gasteiger partial charge < -0.3 is 14.8 Å². The number of benzene rings is 1. The van der Waals surface area contributed by atoms with Crippen LogP contribution in [0.4, 0.5) is 15.3 Å². The van der Waals surface area contributed by atoms with Gasteiger partial charge in [0.1, 0.15) is 6.10 Å². The predicted octanol–water partition coefficient (Wildman–Crippen LogP) is 6.15. The van der Waals surface area contributed by atoms with E-state index in [1.54, 1.807) is 52.9 Å². The molecule has 0 atom stereocenters. The first-order valence-corrected chi connectivity index (χ1v) is 16.2. The minimum atomic E-state index is -3.93. The van der Waals surface area contributed by atoms with Crippen molar-refractivity contribution in [3.05, 3.63) is 29.4 Å². The Morgan fingerprint density at radius 2 is 1.75 bits per heavy atom. The highest BCUT2D eigenvalue weighted by molar-refractivity contribution is 7.89. The summed E-state index contributed by atoms with van der Waals surface area (Å²) in [7, 11) is -3.93. The second-order valence-electron chi connectivity index (χ2n) is 11.9. The summed E-state index contributed by atoms with van der Waals surface area (Å²) in [5, 5.41) is 6.56. The van der Waals surface area contributed by atoms with E-state index in [9.17, 15) is 18.0 Å². The van der Waals surface area contributed by atoms with Crippen LogP contribution in [0, 0.1) is 0 Å². The van der Waals surface area contributed by atoms with Gasteiger partial charge in [0, 0.05) is 34.9 Å². The van der Waals surface area contributed by atoms with Crippen LogP contribution in [0.1, 0.15) is 90.5 Å². The number of thiazole rings is 1. The molecule has 1 aromatic heterocycles. The summed E-state index contributed by atoms with van der Waals surface area (Å²) in [5.74, 6) is 0.235. The van der Waals surface area contributed by atoms with Crippen molar-refractivity contribution in [2.75, 3.05) is 5.32 Å². The molecule has 2 saturated carbocycles. The SMILES string of the molecule is CC(C)OC(=O)Nc1ccc(-c2cnc(C3CCC(NC(=O)OC4CCC4)CC3)s2)c(S(=O)(=O)NC(C)(C)C)c1. The maximum Gasteiger partial charge on any atom is 0.411 e. The average Bonchev–Trinajstić information content (AvgIpc) is 3.30. The van der Waals surface area contributed by atoms with Crippen molar-refractivity contribution in [2.24, 2.45) is 0 Å². The first kappa shape index (κ1) is 30.3. The molecule has 0 spiro atoms. The van der Waals surface area contributed by atoms with Crippen LogP contribution in [0.25, 0.3) is 10.4 Å². The standard InChI is InChI=1S/C28H40N4O6S2/c1-17(2)37-26(33)31-20-13-14-22(24(15-20)40(35,36)32-28(3,4)5)23-16-29-25(39-23)18-9-11-19(12-10-18)30-27(34)38-21-7-6-8-21/h13-19,21,32H,6-12H2,1-5H3,(H,30,34)(H,31,33). The van der Waals surface area contributed by atoms with Gasteiger partial charge in [0.2, 0.25) is 10.0 Å². The number of carbonyl (C=O) groups is 2. The summed E-state index contributed by atoms with van der Waals surface area (Å²) in [5.41, 5.74) is 0.124. The summed E-state index contributed by atoms with van der Waals surface area (Å²) < 4.78 is 40.2. The van der Waals surface area contributed by atoms with Crippen molar-refractivity contribution in [3.63, 3.8) is 0 Å². The number of hydrogen-bond acceptors (Lipinski definition) is 8. The van der Waals surface area contributed by atoms with Crippen LogP contribution in [0.3, 0.4) is 0 Å². The molecule has 0 saturated heterocycles. The van der Waals surface area contributed by atoms with Crippen molar-refractivity contribution in [1.29, 1.82) is 0 Å². The lowest BCUT2D eigenvalue weighted by molar-refractivity contribution is 0.0492. The summed E-state index contributed by atoms with van der Waals surface area (Å²) in [6.07, 6.45) is 6.93. The van der Waals surface area contributed by atoms with E-state index in [0.29, 0.717) is 11.3 Å². The molecule has 40 heavy (non-hydrogen) atoms. The normalized spacial score (nSPS) is 20.1. The van der Waals surface area contributed by atoms with Gasteiger partial charge >= 0.3 is 12.2 Å². The largest absolute Gasteiger partial charge is 0.447 e. The van der Waals surface area contributed by atoms with Crippen LogP contribution < -0.4 is 15.4 Å². The van der Waals surface area contributed by atoms with Crippen LogP contribution in [0.2, 0.25) is 0 Å². The van der Waals surface area contributed by atoms with E-state index in [0.717, 1.165) is 54.8 Å². The molecule has 2 aliphatic rings.